The second kappa shape index (κ2) is 7.17. The molecule has 0 aliphatic rings. The maximum Gasteiger partial charge on any atom is 0.389 e. The van der Waals surface area contributed by atoms with Crippen LogP contribution in [-0.4, -0.2) is 23.4 Å². The van der Waals surface area contributed by atoms with E-state index in [0.29, 0.717) is 6.42 Å². The Balaban J connectivity index is 2.47. The van der Waals surface area contributed by atoms with Crippen molar-refractivity contribution in [3.8, 4) is 5.75 Å². The van der Waals surface area contributed by atoms with Crippen LogP contribution in [0.1, 0.15) is 43.0 Å². The second-order valence-electron chi connectivity index (χ2n) is 4.49. The quantitative estimate of drug-likeness (QED) is 0.804. The molecule has 0 aliphatic heterocycles. The zero-order valence-corrected chi connectivity index (χ0v) is 11.1. The van der Waals surface area contributed by atoms with Crippen LogP contribution in [0.15, 0.2) is 24.3 Å². The van der Waals surface area contributed by atoms with Gasteiger partial charge in [0.15, 0.2) is 0 Å². The van der Waals surface area contributed by atoms with E-state index in [2.05, 4.69) is 0 Å². The van der Waals surface area contributed by atoms with Crippen LogP contribution in [0.5, 0.6) is 5.75 Å². The van der Waals surface area contributed by atoms with Crippen molar-refractivity contribution in [1.29, 1.82) is 0 Å². The molecule has 0 amide bonds. The van der Waals surface area contributed by atoms with Crippen LogP contribution in [0.25, 0.3) is 0 Å². The first-order valence-corrected chi connectivity index (χ1v) is 6.38. The van der Waals surface area contributed by atoms with Crippen molar-refractivity contribution in [3.05, 3.63) is 29.8 Å². The molecule has 0 aromatic heterocycles. The average molecular weight is 290 g/mol. The predicted molar refractivity (Wildman–Crippen MR) is 67.5 cm³/mol. The number of esters is 1. The smallest absolute Gasteiger partial charge is 0.389 e. The van der Waals surface area contributed by atoms with Gasteiger partial charge in [-0.1, -0.05) is 6.92 Å². The van der Waals surface area contributed by atoms with Crippen molar-refractivity contribution in [2.24, 2.45) is 0 Å². The number of hydrogen-bond acceptors (Lipinski definition) is 3. The van der Waals surface area contributed by atoms with Gasteiger partial charge in [0.1, 0.15) is 11.9 Å². The lowest BCUT2D eigenvalue weighted by molar-refractivity contribution is -0.136. The summed E-state index contributed by atoms with van der Waals surface area (Å²) in [5.74, 6) is -0.567. The number of alkyl halides is 3. The molecule has 0 aliphatic carbocycles. The summed E-state index contributed by atoms with van der Waals surface area (Å²) in [5.41, 5.74) is 0.261. The van der Waals surface area contributed by atoms with Crippen LogP contribution < -0.4 is 0 Å². The molecular weight excluding hydrogens is 273 g/mol. The number of aromatic hydroxyl groups is 1. The standard InChI is InChI=1S/C14H17F3O3/c1-2-12(4-3-9-14(15,16)17)20-13(19)10-5-7-11(18)8-6-10/h5-8,12,18H,2-4,9H2,1H3/t12-/m1/s1. The van der Waals surface area contributed by atoms with Gasteiger partial charge < -0.3 is 9.84 Å². The normalized spacial score (nSPS) is 13.0. The molecule has 0 saturated heterocycles. The van der Waals surface area contributed by atoms with Crippen molar-refractivity contribution in [2.75, 3.05) is 0 Å². The van der Waals surface area contributed by atoms with Crippen molar-refractivity contribution < 1.29 is 27.8 Å². The lowest BCUT2D eigenvalue weighted by atomic mass is 10.1. The maximum atomic E-state index is 12.0. The molecule has 112 valence electrons. The summed E-state index contributed by atoms with van der Waals surface area (Å²) in [6.07, 6.45) is -5.01. The first-order chi connectivity index (χ1) is 9.31. The summed E-state index contributed by atoms with van der Waals surface area (Å²) in [6, 6.07) is 5.50. The van der Waals surface area contributed by atoms with Crippen LogP contribution in [0.4, 0.5) is 13.2 Å². The Morgan fingerprint density at radius 3 is 2.40 bits per heavy atom. The Morgan fingerprint density at radius 1 is 1.30 bits per heavy atom. The molecule has 1 aromatic carbocycles. The highest BCUT2D eigenvalue weighted by Gasteiger charge is 2.27. The summed E-state index contributed by atoms with van der Waals surface area (Å²) in [4.78, 5) is 11.8. The number of ether oxygens (including phenoxy) is 1. The lowest BCUT2D eigenvalue weighted by Crippen LogP contribution is -2.18. The Morgan fingerprint density at radius 2 is 1.90 bits per heavy atom. The molecular formula is C14H17F3O3. The average Bonchev–Trinajstić information content (AvgIpc) is 2.36. The van der Waals surface area contributed by atoms with Crippen LogP contribution in [0.3, 0.4) is 0 Å². The van der Waals surface area contributed by atoms with Gasteiger partial charge in [-0.3, -0.25) is 0 Å². The molecule has 20 heavy (non-hydrogen) atoms. The summed E-state index contributed by atoms with van der Waals surface area (Å²) in [7, 11) is 0. The minimum Gasteiger partial charge on any atom is -0.508 e. The van der Waals surface area contributed by atoms with E-state index in [1.165, 1.54) is 24.3 Å². The molecule has 1 rings (SSSR count). The van der Waals surface area contributed by atoms with Crippen molar-refractivity contribution in [2.45, 2.75) is 44.9 Å². The number of carbonyl (C=O) groups excluding carboxylic acids is 1. The van der Waals surface area contributed by atoms with E-state index in [9.17, 15) is 18.0 Å². The van der Waals surface area contributed by atoms with Crippen molar-refractivity contribution in [3.63, 3.8) is 0 Å². The van der Waals surface area contributed by atoms with Gasteiger partial charge in [0.05, 0.1) is 5.56 Å². The molecule has 0 fully saturated rings. The molecule has 6 heteroatoms. The number of carbonyl (C=O) groups is 1. The van der Waals surface area contributed by atoms with Gasteiger partial charge in [0.25, 0.3) is 0 Å². The molecule has 0 unspecified atom stereocenters. The van der Waals surface area contributed by atoms with Gasteiger partial charge >= 0.3 is 12.1 Å². The zero-order valence-electron chi connectivity index (χ0n) is 11.1. The van der Waals surface area contributed by atoms with Crippen molar-refractivity contribution in [1.82, 2.24) is 0 Å². The minimum absolute atomic E-state index is 0.0266. The van der Waals surface area contributed by atoms with Crippen molar-refractivity contribution >= 4 is 5.97 Å². The molecule has 3 nitrogen and oxygen atoms in total. The third-order valence-corrected chi connectivity index (χ3v) is 2.82. The Hall–Kier alpha value is -1.72. The van der Waals surface area contributed by atoms with E-state index in [-0.39, 0.29) is 24.2 Å². The highest BCUT2D eigenvalue weighted by molar-refractivity contribution is 5.89. The van der Waals surface area contributed by atoms with E-state index in [4.69, 9.17) is 9.84 Å². The molecule has 1 N–H and O–H groups in total. The Kier molecular flexibility index (Phi) is 5.85. The highest BCUT2D eigenvalue weighted by Crippen LogP contribution is 2.24. The van der Waals surface area contributed by atoms with Gasteiger partial charge in [0, 0.05) is 6.42 Å². The SMILES string of the molecule is CC[C@H](CCCC(F)(F)F)OC(=O)c1ccc(O)cc1. The minimum atomic E-state index is -4.18. The number of phenols is 1. The van der Waals surface area contributed by atoms with E-state index in [0.717, 1.165) is 0 Å². The largest absolute Gasteiger partial charge is 0.508 e. The third kappa shape index (κ3) is 5.95. The predicted octanol–water partition coefficient (Wildman–Crippen LogP) is 4.06. The van der Waals surface area contributed by atoms with Gasteiger partial charge in [0.2, 0.25) is 0 Å². The third-order valence-electron chi connectivity index (χ3n) is 2.82. The van der Waals surface area contributed by atoms with Crippen LogP contribution >= 0.6 is 0 Å². The molecule has 0 bridgehead atoms. The van der Waals surface area contributed by atoms with Crippen LogP contribution in [0, 0.1) is 0 Å². The fraction of sp³-hybridized carbons (Fsp3) is 0.500. The topological polar surface area (TPSA) is 46.5 Å². The first kappa shape index (κ1) is 16.3. The fourth-order valence-electron chi connectivity index (χ4n) is 1.69. The second-order valence-corrected chi connectivity index (χ2v) is 4.49. The van der Waals surface area contributed by atoms with E-state index in [1.54, 1.807) is 6.92 Å². The van der Waals surface area contributed by atoms with E-state index in [1.807, 2.05) is 0 Å². The first-order valence-electron chi connectivity index (χ1n) is 6.38. The van der Waals surface area contributed by atoms with Gasteiger partial charge in [-0.05, 0) is 43.5 Å². The number of hydrogen-bond donors (Lipinski definition) is 1. The lowest BCUT2D eigenvalue weighted by Gasteiger charge is -2.16. The molecule has 0 radical (unpaired) electrons. The van der Waals surface area contributed by atoms with Gasteiger partial charge in [-0.2, -0.15) is 13.2 Å². The Bertz CT molecular complexity index is 426. The zero-order chi connectivity index (χ0) is 15.2. The van der Waals surface area contributed by atoms with E-state index >= 15 is 0 Å². The number of halogens is 3. The number of rotatable bonds is 6. The summed E-state index contributed by atoms with van der Waals surface area (Å²) >= 11 is 0. The van der Waals surface area contributed by atoms with Crippen LogP contribution in [0.2, 0.25) is 0 Å². The summed E-state index contributed by atoms with van der Waals surface area (Å²) in [6.45, 7) is 1.75. The van der Waals surface area contributed by atoms with Gasteiger partial charge in [-0.25, -0.2) is 4.79 Å². The highest BCUT2D eigenvalue weighted by atomic mass is 19.4. The fourth-order valence-corrected chi connectivity index (χ4v) is 1.69. The maximum absolute atomic E-state index is 12.0. The molecule has 0 spiro atoms. The molecule has 0 saturated carbocycles. The van der Waals surface area contributed by atoms with Gasteiger partial charge in [-0.15, -0.1) is 0 Å². The number of benzene rings is 1. The summed E-state index contributed by atoms with van der Waals surface area (Å²) < 4.78 is 41.3. The van der Waals surface area contributed by atoms with E-state index < -0.39 is 24.7 Å². The molecule has 0 heterocycles. The van der Waals surface area contributed by atoms with Crippen LogP contribution in [-0.2, 0) is 4.74 Å². The molecule has 1 atom stereocenters. The summed E-state index contributed by atoms with van der Waals surface area (Å²) in [5, 5.41) is 9.10. The molecule has 1 aromatic rings. The monoisotopic (exact) mass is 290 g/mol. The Labute approximate surface area is 115 Å². The number of phenolic OH excluding ortho intramolecular Hbond substituents is 1.